The van der Waals surface area contributed by atoms with Crippen molar-refractivity contribution in [1.29, 1.82) is 0 Å². The summed E-state index contributed by atoms with van der Waals surface area (Å²) in [7, 11) is 0. The zero-order valence-electron chi connectivity index (χ0n) is 16.1. The number of thioether (sulfide) groups is 1. The molecule has 1 amide bonds. The van der Waals surface area contributed by atoms with Crippen molar-refractivity contribution < 1.29 is 4.79 Å². The molecule has 0 saturated heterocycles. The van der Waals surface area contributed by atoms with Gasteiger partial charge in [0.1, 0.15) is 18.5 Å². The summed E-state index contributed by atoms with van der Waals surface area (Å²) >= 11 is 7.53. The van der Waals surface area contributed by atoms with E-state index in [0.717, 1.165) is 23.8 Å². The molecule has 0 bridgehead atoms. The van der Waals surface area contributed by atoms with Crippen molar-refractivity contribution in [2.75, 3.05) is 11.1 Å². The minimum Gasteiger partial charge on any atom is -0.323 e. The molecule has 2 heterocycles. The van der Waals surface area contributed by atoms with E-state index in [4.69, 9.17) is 11.6 Å². The van der Waals surface area contributed by atoms with Crippen LogP contribution in [0.1, 0.15) is 44.0 Å². The lowest BCUT2D eigenvalue weighted by molar-refractivity contribution is -0.113. The van der Waals surface area contributed by atoms with Crippen LogP contribution in [0.5, 0.6) is 0 Å². The highest BCUT2D eigenvalue weighted by Crippen LogP contribution is 2.32. The summed E-state index contributed by atoms with van der Waals surface area (Å²) in [6, 6.07) is 5.67. The molecule has 0 atom stereocenters. The molecular formula is C19H22ClN7OS. The second kappa shape index (κ2) is 8.96. The van der Waals surface area contributed by atoms with E-state index >= 15 is 0 Å². The van der Waals surface area contributed by atoms with Gasteiger partial charge in [-0.2, -0.15) is 5.10 Å². The Balaban J connectivity index is 1.45. The first kappa shape index (κ1) is 19.9. The predicted octanol–water partition coefficient (Wildman–Crippen LogP) is 4.06. The van der Waals surface area contributed by atoms with Crippen LogP contribution >= 0.6 is 23.4 Å². The summed E-state index contributed by atoms with van der Waals surface area (Å²) < 4.78 is 3.78. The molecule has 2 aromatic heterocycles. The van der Waals surface area contributed by atoms with Gasteiger partial charge in [-0.25, -0.2) is 9.67 Å². The van der Waals surface area contributed by atoms with Crippen LogP contribution in [0.15, 0.2) is 36.0 Å². The van der Waals surface area contributed by atoms with E-state index in [-0.39, 0.29) is 11.7 Å². The molecule has 1 aliphatic rings. The zero-order chi connectivity index (χ0) is 20.2. The minimum absolute atomic E-state index is 0.144. The Kier molecular flexibility index (Phi) is 6.15. The highest BCUT2D eigenvalue weighted by molar-refractivity contribution is 7.99. The van der Waals surface area contributed by atoms with Gasteiger partial charge in [-0.15, -0.1) is 10.2 Å². The maximum Gasteiger partial charge on any atom is 0.234 e. The molecule has 1 aliphatic carbocycles. The summed E-state index contributed by atoms with van der Waals surface area (Å²) in [6.07, 6.45) is 9.04. The van der Waals surface area contributed by atoms with Gasteiger partial charge in [0, 0.05) is 11.1 Å². The molecule has 1 aromatic carbocycles. The maximum absolute atomic E-state index is 12.6. The van der Waals surface area contributed by atoms with Crippen molar-refractivity contribution >= 4 is 35.0 Å². The van der Waals surface area contributed by atoms with Crippen LogP contribution in [0.4, 0.5) is 5.69 Å². The number of rotatable bonds is 6. The summed E-state index contributed by atoms with van der Waals surface area (Å²) in [5.74, 6) is 0.992. The van der Waals surface area contributed by atoms with E-state index in [2.05, 4.69) is 30.2 Å². The Morgan fingerprint density at radius 2 is 2.10 bits per heavy atom. The fourth-order valence-electron chi connectivity index (χ4n) is 3.67. The molecule has 0 spiro atoms. The Bertz CT molecular complexity index is 983. The van der Waals surface area contributed by atoms with Crippen LogP contribution in [0.3, 0.4) is 0 Å². The van der Waals surface area contributed by atoms with Crippen LogP contribution in [0.25, 0.3) is 5.69 Å². The van der Waals surface area contributed by atoms with Gasteiger partial charge in [-0.05, 0) is 38.0 Å². The molecule has 29 heavy (non-hydrogen) atoms. The van der Waals surface area contributed by atoms with Crippen molar-refractivity contribution in [3.8, 4) is 5.69 Å². The molecule has 1 N–H and O–H groups in total. The fraction of sp³-hybridized carbons (Fsp3) is 0.421. The van der Waals surface area contributed by atoms with E-state index in [0.29, 0.717) is 22.4 Å². The van der Waals surface area contributed by atoms with Crippen molar-refractivity contribution in [2.45, 2.75) is 50.2 Å². The lowest BCUT2D eigenvalue weighted by Gasteiger charge is -2.24. The second-order valence-electron chi connectivity index (χ2n) is 7.03. The van der Waals surface area contributed by atoms with E-state index < -0.39 is 0 Å². The number of carbonyl (C=O) groups excluding carboxylic acids is 1. The van der Waals surface area contributed by atoms with Gasteiger partial charge >= 0.3 is 0 Å². The summed E-state index contributed by atoms with van der Waals surface area (Å²) in [5.41, 5.74) is 1.28. The predicted molar refractivity (Wildman–Crippen MR) is 113 cm³/mol. The number of amides is 1. The van der Waals surface area contributed by atoms with Crippen LogP contribution in [-0.4, -0.2) is 41.2 Å². The van der Waals surface area contributed by atoms with Crippen molar-refractivity contribution in [1.82, 2.24) is 29.5 Å². The number of aryl methyl sites for hydroxylation is 1. The molecule has 1 saturated carbocycles. The molecule has 0 unspecified atom stereocenters. The minimum atomic E-state index is -0.144. The largest absolute Gasteiger partial charge is 0.323 e. The highest BCUT2D eigenvalue weighted by atomic mass is 35.5. The van der Waals surface area contributed by atoms with E-state index in [9.17, 15) is 4.79 Å². The average Bonchev–Trinajstić information content (AvgIpc) is 3.37. The summed E-state index contributed by atoms with van der Waals surface area (Å²) in [5, 5.41) is 16.9. The van der Waals surface area contributed by atoms with Gasteiger partial charge in [0.05, 0.1) is 17.1 Å². The van der Waals surface area contributed by atoms with Gasteiger partial charge in [-0.1, -0.05) is 42.6 Å². The van der Waals surface area contributed by atoms with Crippen LogP contribution in [-0.2, 0) is 4.79 Å². The van der Waals surface area contributed by atoms with Gasteiger partial charge < -0.3 is 9.88 Å². The van der Waals surface area contributed by atoms with Crippen LogP contribution < -0.4 is 5.32 Å². The number of carbonyl (C=O) groups is 1. The number of halogens is 1. The van der Waals surface area contributed by atoms with Crippen molar-refractivity contribution in [2.24, 2.45) is 0 Å². The first-order valence-corrected chi connectivity index (χ1v) is 11.0. The van der Waals surface area contributed by atoms with E-state index in [1.165, 1.54) is 37.4 Å². The number of hydrogen-bond acceptors (Lipinski definition) is 6. The maximum atomic E-state index is 12.6. The zero-order valence-corrected chi connectivity index (χ0v) is 17.7. The lowest BCUT2D eigenvalue weighted by Crippen LogP contribution is -2.18. The van der Waals surface area contributed by atoms with Gasteiger partial charge in [0.2, 0.25) is 5.91 Å². The fourth-order valence-corrected chi connectivity index (χ4v) is 4.69. The standard InChI is InChI=1S/C19H22ClN7OS/c1-13-24-25-19(27(13)15-5-3-2-4-6-15)29-10-18(28)23-16-9-14(20)7-8-17(16)26-12-21-11-22-26/h7-9,11-12,15H,2-6,10H2,1H3,(H,23,28). The third-order valence-electron chi connectivity index (χ3n) is 5.01. The monoisotopic (exact) mass is 431 g/mol. The highest BCUT2D eigenvalue weighted by Gasteiger charge is 2.22. The van der Waals surface area contributed by atoms with E-state index in [1.807, 2.05) is 6.92 Å². The Morgan fingerprint density at radius 1 is 1.28 bits per heavy atom. The smallest absolute Gasteiger partial charge is 0.234 e. The van der Waals surface area contributed by atoms with Crippen molar-refractivity contribution in [3.05, 3.63) is 41.7 Å². The van der Waals surface area contributed by atoms with E-state index in [1.54, 1.807) is 29.2 Å². The quantitative estimate of drug-likeness (QED) is 0.592. The SMILES string of the molecule is Cc1nnc(SCC(=O)Nc2cc(Cl)ccc2-n2cncn2)n1C1CCCCC1. The summed E-state index contributed by atoms with van der Waals surface area (Å²) in [6.45, 7) is 1.97. The molecule has 1 fully saturated rings. The van der Waals surface area contributed by atoms with Gasteiger partial charge in [-0.3, -0.25) is 4.79 Å². The normalized spacial score (nSPS) is 14.8. The number of benzene rings is 1. The van der Waals surface area contributed by atoms with Gasteiger partial charge in [0.25, 0.3) is 0 Å². The molecule has 10 heteroatoms. The first-order valence-electron chi connectivity index (χ1n) is 9.60. The van der Waals surface area contributed by atoms with Gasteiger partial charge in [0.15, 0.2) is 5.16 Å². The molecule has 3 aromatic rings. The van der Waals surface area contributed by atoms with Crippen molar-refractivity contribution in [3.63, 3.8) is 0 Å². The molecule has 4 rings (SSSR count). The van der Waals surface area contributed by atoms with Crippen LogP contribution in [0, 0.1) is 6.92 Å². The average molecular weight is 432 g/mol. The third-order valence-corrected chi connectivity index (χ3v) is 6.18. The second-order valence-corrected chi connectivity index (χ2v) is 8.41. The topological polar surface area (TPSA) is 90.5 Å². The molecular weight excluding hydrogens is 410 g/mol. The molecule has 152 valence electrons. The molecule has 8 nitrogen and oxygen atoms in total. The summed E-state index contributed by atoms with van der Waals surface area (Å²) in [4.78, 5) is 16.6. The third kappa shape index (κ3) is 4.62. The Morgan fingerprint density at radius 3 is 2.86 bits per heavy atom. The first-order chi connectivity index (χ1) is 14.1. The number of anilines is 1. The molecule has 0 aliphatic heterocycles. The lowest BCUT2D eigenvalue weighted by atomic mass is 9.95. The number of aromatic nitrogens is 6. The Hall–Kier alpha value is -2.39. The Labute approximate surface area is 178 Å². The van der Waals surface area contributed by atoms with Crippen LogP contribution in [0.2, 0.25) is 5.02 Å². The number of nitrogens with zero attached hydrogens (tertiary/aromatic N) is 6. The number of hydrogen-bond donors (Lipinski definition) is 1. The number of nitrogens with one attached hydrogen (secondary N) is 1. The molecule has 0 radical (unpaired) electrons.